The van der Waals surface area contributed by atoms with E-state index in [1.54, 1.807) is 0 Å². The van der Waals surface area contributed by atoms with Crippen molar-refractivity contribution in [1.82, 2.24) is 9.97 Å². The van der Waals surface area contributed by atoms with Gasteiger partial charge < -0.3 is 15.7 Å². The zero-order chi connectivity index (χ0) is 11.4. The third-order valence-corrected chi connectivity index (χ3v) is 1.82. The van der Waals surface area contributed by atoms with Gasteiger partial charge in [0.05, 0.1) is 7.11 Å². The lowest BCUT2D eigenvalue weighted by atomic mass is 10.2. The molecule has 0 fully saturated rings. The Morgan fingerprint density at radius 2 is 2.20 bits per heavy atom. The van der Waals surface area contributed by atoms with Crippen LogP contribution in [-0.2, 0) is 0 Å². The Labute approximate surface area is 87.8 Å². The minimum Gasteiger partial charge on any atom is -0.481 e. The number of nitrogens with two attached hydrogens (primary N) is 1. The number of hydrogen-bond acceptors (Lipinski definition) is 5. The van der Waals surface area contributed by atoms with E-state index in [1.807, 2.05) is 13.8 Å². The van der Waals surface area contributed by atoms with Crippen molar-refractivity contribution in [2.75, 3.05) is 7.11 Å². The van der Waals surface area contributed by atoms with Crippen LogP contribution in [0.3, 0.4) is 0 Å². The third-order valence-electron chi connectivity index (χ3n) is 1.82. The number of aromatic nitrogens is 2. The lowest BCUT2D eigenvalue weighted by molar-refractivity contribution is 0.318. The van der Waals surface area contributed by atoms with Crippen molar-refractivity contribution in [3.8, 4) is 5.88 Å². The molecule has 1 rings (SSSR count). The van der Waals surface area contributed by atoms with Crippen molar-refractivity contribution in [2.45, 2.75) is 19.8 Å². The molecule has 1 heterocycles. The molecule has 3 N–H and O–H groups in total. The van der Waals surface area contributed by atoms with E-state index < -0.39 is 0 Å². The average molecular weight is 210 g/mol. The van der Waals surface area contributed by atoms with Crippen LogP contribution in [0.25, 0.3) is 0 Å². The molecule has 0 aliphatic heterocycles. The maximum Gasteiger partial charge on any atom is 0.217 e. The van der Waals surface area contributed by atoms with E-state index in [0.29, 0.717) is 17.4 Å². The van der Waals surface area contributed by atoms with Crippen molar-refractivity contribution in [1.29, 1.82) is 0 Å². The molecule has 0 saturated heterocycles. The number of hydrogen-bond donors (Lipinski definition) is 2. The molecule has 0 atom stereocenters. The van der Waals surface area contributed by atoms with Gasteiger partial charge in [-0.25, -0.2) is 4.98 Å². The third kappa shape index (κ3) is 2.55. The molecule has 0 bridgehead atoms. The van der Waals surface area contributed by atoms with Crippen molar-refractivity contribution in [3.05, 3.63) is 17.6 Å². The quantitative estimate of drug-likeness (QED) is 0.331. The Hall–Kier alpha value is -1.85. The number of amidine groups is 1. The van der Waals surface area contributed by atoms with Crippen molar-refractivity contribution >= 4 is 5.84 Å². The number of oxime groups is 1. The summed E-state index contributed by atoms with van der Waals surface area (Å²) in [5.74, 6) is 1.08. The van der Waals surface area contributed by atoms with Crippen LogP contribution in [0.15, 0.2) is 11.2 Å². The van der Waals surface area contributed by atoms with Crippen LogP contribution in [0.1, 0.15) is 31.3 Å². The van der Waals surface area contributed by atoms with Gasteiger partial charge in [-0.05, 0) is 0 Å². The Balaban J connectivity index is 3.23. The molecule has 6 nitrogen and oxygen atoms in total. The van der Waals surface area contributed by atoms with Gasteiger partial charge in [0.1, 0.15) is 11.5 Å². The Bertz CT molecular complexity index is 376. The van der Waals surface area contributed by atoms with Gasteiger partial charge in [0, 0.05) is 12.0 Å². The van der Waals surface area contributed by atoms with E-state index in [0.717, 1.165) is 0 Å². The lowest BCUT2D eigenvalue weighted by Crippen LogP contribution is -2.17. The zero-order valence-corrected chi connectivity index (χ0v) is 8.93. The van der Waals surface area contributed by atoms with Crippen LogP contribution < -0.4 is 10.5 Å². The van der Waals surface area contributed by atoms with Crippen LogP contribution in [0.4, 0.5) is 0 Å². The first-order chi connectivity index (χ1) is 7.08. The molecule has 82 valence electrons. The molecular formula is C9H14N4O2. The molecule has 0 aliphatic carbocycles. The van der Waals surface area contributed by atoms with Gasteiger partial charge in [0.2, 0.25) is 5.88 Å². The number of methoxy groups -OCH3 is 1. The van der Waals surface area contributed by atoms with Gasteiger partial charge >= 0.3 is 0 Å². The highest BCUT2D eigenvalue weighted by Gasteiger charge is 2.10. The summed E-state index contributed by atoms with van der Waals surface area (Å²) in [6.07, 6.45) is 0. The summed E-state index contributed by atoms with van der Waals surface area (Å²) in [7, 11) is 1.50. The second kappa shape index (κ2) is 4.59. The summed E-state index contributed by atoms with van der Waals surface area (Å²) < 4.78 is 5.00. The van der Waals surface area contributed by atoms with Crippen molar-refractivity contribution in [2.24, 2.45) is 10.9 Å². The minimum atomic E-state index is -0.0578. The summed E-state index contributed by atoms with van der Waals surface area (Å²) in [6.45, 7) is 3.90. The standard InChI is InChI=1S/C9H14N4O2/c1-5(2)9-11-6(8(10)13-14)4-7(12-9)15-3/h4-5,14H,1-3H3,(H2,10,13). The maximum atomic E-state index is 8.54. The molecule has 15 heavy (non-hydrogen) atoms. The molecule has 1 aromatic heterocycles. The summed E-state index contributed by atoms with van der Waals surface area (Å²) in [5, 5.41) is 11.4. The van der Waals surface area contributed by atoms with Gasteiger partial charge in [0.15, 0.2) is 5.84 Å². The van der Waals surface area contributed by atoms with Crippen molar-refractivity contribution in [3.63, 3.8) is 0 Å². The molecule has 0 unspecified atom stereocenters. The lowest BCUT2D eigenvalue weighted by Gasteiger charge is -2.08. The summed E-state index contributed by atoms with van der Waals surface area (Å²) in [4.78, 5) is 8.29. The van der Waals surface area contributed by atoms with Crippen LogP contribution >= 0.6 is 0 Å². The van der Waals surface area contributed by atoms with E-state index in [2.05, 4.69) is 15.1 Å². The Kier molecular flexibility index (Phi) is 3.43. The predicted octanol–water partition coefficient (Wildman–Crippen LogP) is 0.703. The summed E-state index contributed by atoms with van der Waals surface area (Å²) >= 11 is 0. The minimum absolute atomic E-state index is 0.0578. The molecule has 0 amide bonds. The molecular weight excluding hydrogens is 196 g/mol. The second-order valence-corrected chi connectivity index (χ2v) is 3.29. The first kappa shape index (κ1) is 11.2. The van der Waals surface area contributed by atoms with Crippen LogP contribution in [0, 0.1) is 0 Å². The molecule has 0 spiro atoms. The molecule has 6 heteroatoms. The van der Waals surface area contributed by atoms with Crippen molar-refractivity contribution < 1.29 is 9.94 Å². The fourth-order valence-corrected chi connectivity index (χ4v) is 0.988. The van der Waals surface area contributed by atoms with Crippen LogP contribution in [0.2, 0.25) is 0 Å². The normalized spacial score (nSPS) is 11.9. The number of nitrogens with zero attached hydrogens (tertiary/aromatic N) is 3. The van der Waals surface area contributed by atoms with Crippen LogP contribution in [-0.4, -0.2) is 28.1 Å². The number of rotatable bonds is 3. The topological polar surface area (TPSA) is 93.6 Å². The van der Waals surface area contributed by atoms with E-state index in [-0.39, 0.29) is 11.8 Å². The van der Waals surface area contributed by atoms with Gasteiger partial charge in [-0.15, -0.1) is 0 Å². The highest BCUT2D eigenvalue weighted by Crippen LogP contribution is 2.14. The maximum absolute atomic E-state index is 8.54. The van der Waals surface area contributed by atoms with Gasteiger partial charge in [-0.2, -0.15) is 4.98 Å². The molecule has 1 aromatic rings. The molecule has 0 radical (unpaired) electrons. The SMILES string of the molecule is COc1cc(/C(N)=N\O)nc(C(C)C)n1. The Morgan fingerprint density at radius 1 is 1.53 bits per heavy atom. The molecule has 0 saturated carbocycles. The first-order valence-electron chi connectivity index (χ1n) is 4.49. The van der Waals surface area contributed by atoms with E-state index in [1.165, 1.54) is 13.2 Å². The zero-order valence-electron chi connectivity index (χ0n) is 8.93. The first-order valence-corrected chi connectivity index (χ1v) is 4.49. The van der Waals surface area contributed by atoms with Gasteiger partial charge in [0.25, 0.3) is 0 Å². The smallest absolute Gasteiger partial charge is 0.217 e. The fourth-order valence-electron chi connectivity index (χ4n) is 0.988. The van der Waals surface area contributed by atoms with E-state index >= 15 is 0 Å². The molecule has 0 aliphatic rings. The highest BCUT2D eigenvalue weighted by molar-refractivity contribution is 5.95. The van der Waals surface area contributed by atoms with E-state index in [9.17, 15) is 0 Å². The predicted molar refractivity (Wildman–Crippen MR) is 55.2 cm³/mol. The second-order valence-electron chi connectivity index (χ2n) is 3.29. The fraction of sp³-hybridized carbons (Fsp3) is 0.444. The number of ether oxygens (including phenoxy) is 1. The van der Waals surface area contributed by atoms with Crippen LogP contribution in [0.5, 0.6) is 5.88 Å². The Morgan fingerprint density at radius 3 is 2.67 bits per heavy atom. The van der Waals surface area contributed by atoms with E-state index in [4.69, 9.17) is 15.7 Å². The highest BCUT2D eigenvalue weighted by atomic mass is 16.5. The largest absolute Gasteiger partial charge is 0.481 e. The van der Waals surface area contributed by atoms with Gasteiger partial charge in [-0.3, -0.25) is 0 Å². The summed E-state index contributed by atoms with van der Waals surface area (Å²) in [6, 6.07) is 1.51. The average Bonchev–Trinajstić information content (AvgIpc) is 2.27. The van der Waals surface area contributed by atoms with Gasteiger partial charge in [-0.1, -0.05) is 19.0 Å². The summed E-state index contributed by atoms with van der Waals surface area (Å²) in [5.41, 5.74) is 5.80. The molecule has 0 aromatic carbocycles. The monoisotopic (exact) mass is 210 g/mol.